The van der Waals surface area contributed by atoms with E-state index in [4.69, 9.17) is 0 Å². The second kappa shape index (κ2) is 5.69. The Hall–Kier alpha value is -0.940. The molecule has 21 heavy (non-hydrogen) atoms. The first-order valence-corrected chi connectivity index (χ1v) is 8.33. The van der Waals surface area contributed by atoms with Gasteiger partial charge in [-0.25, -0.2) is 9.67 Å². The summed E-state index contributed by atoms with van der Waals surface area (Å²) in [7, 11) is 0. The van der Waals surface area contributed by atoms with Crippen LogP contribution in [0, 0.1) is 11.3 Å². The van der Waals surface area contributed by atoms with Crippen molar-refractivity contribution in [3.05, 3.63) is 12.2 Å². The maximum Gasteiger partial charge on any atom is 0.141 e. The lowest BCUT2D eigenvalue weighted by molar-refractivity contribution is 0.0419. The van der Waals surface area contributed by atoms with Crippen molar-refractivity contribution >= 4 is 0 Å². The van der Waals surface area contributed by atoms with Crippen LogP contribution in [-0.4, -0.2) is 44.8 Å². The number of aromatic nitrogens is 3. The monoisotopic (exact) mass is 291 g/mol. The molecule has 1 aromatic heterocycles. The highest BCUT2D eigenvalue weighted by Crippen LogP contribution is 2.36. The van der Waals surface area contributed by atoms with E-state index >= 15 is 0 Å². The Balaban J connectivity index is 1.75. The van der Waals surface area contributed by atoms with Crippen LogP contribution in [-0.2, 0) is 13.1 Å². The summed E-state index contributed by atoms with van der Waals surface area (Å²) >= 11 is 0. The van der Waals surface area contributed by atoms with E-state index in [2.05, 4.69) is 48.0 Å². The number of nitrogens with one attached hydrogen (secondary N) is 1. The second-order valence-electron chi connectivity index (χ2n) is 7.66. The minimum atomic E-state index is 0.276. The molecule has 0 amide bonds. The van der Waals surface area contributed by atoms with E-state index in [-0.39, 0.29) is 5.41 Å². The van der Waals surface area contributed by atoms with Crippen molar-refractivity contribution in [1.29, 1.82) is 0 Å². The molecule has 2 fully saturated rings. The number of hydrogen-bond donors (Lipinski definition) is 1. The van der Waals surface area contributed by atoms with Crippen LogP contribution in [0.15, 0.2) is 6.33 Å². The molecule has 118 valence electrons. The van der Waals surface area contributed by atoms with E-state index in [0.717, 1.165) is 37.9 Å². The van der Waals surface area contributed by atoms with E-state index in [0.29, 0.717) is 12.1 Å². The van der Waals surface area contributed by atoms with Gasteiger partial charge in [-0.1, -0.05) is 20.8 Å². The smallest absolute Gasteiger partial charge is 0.141 e. The zero-order valence-corrected chi connectivity index (χ0v) is 13.8. The maximum absolute atomic E-state index is 4.47. The van der Waals surface area contributed by atoms with Crippen LogP contribution >= 0.6 is 0 Å². The van der Waals surface area contributed by atoms with Crippen LogP contribution in [0.2, 0.25) is 0 Å². The predicted octanol–water partition coefficient (Wildman–Crippen LogP) is 1.90. The summed E-state index contributed by atoms with van der Waals surface area (Å²) in [5, 5.41) is 8.11. The van der Waals surface area contributed by atoms with Gasteiger partial charge in [-0.3, -0.25) is 4.90 Å². The highest BCUT2D eigenvalue weighted by molar-refractivity contribution is 4.99. The molecule has 2 aliphatic rings. The van der Waals surface area contributed by atoms with Gasteiger partial charge in [0.1, 0.15) is 12.2 Å². The normalized spacial score (nSPS) is 28.0. The van der Waals surface area contributed by atoms with Crippen LogP contribution in [0.4, 0.5) is 0 Å². The number of piperazine rings is 1. The van der Waals surface area contributed by atoms with Crippen molar-refractivity contribution in [3.63, 3.8) is 0 Å². The van der Waals surface area contributed by atoms with E-state index < -0.39 is 0 Å². The minimum absolute atomic E-state index is 0.276. The Kier molecular flexibility index (Phi) is 4.06. The van der Waals surface area contributed by atoms with Crippen molar-refractivity contribution < 1.29 is 0 Å². The van der Waals surface area contributed by atoms with Crippen molar-refractivity contribution in [1.82, 2.24) is 25.0 Å². The van der Waals surface area contributed by atoms with Gasteiger partial charge in [-0.2, -0.15) is 5.10 Å². The molecule has 2 atom stereocenters. The third kappa shape index (κ3) is 3.29. The standard InChI is InChI=1S/C16H29N5/c1-5-21-15(18-11-19-21)10-20-9-13(12-6-7-12)17-8-14(20)16(2,3)4/h11-14,17H,5-10H2,1-4H3. The van der Waals surface area contributed by atoms with Gasteiger partial charge in [-0.15, -0.1) is 0 Å². The topological polar surface area (TPSA) is 46.0 Å². The van der Waals surface area contributed by atoms with E-state index in [1.807, 2.05) is 4.68 Å². The van der Waals surface area contributed by atoms with Crippen molar-refractivity contribution in [2.45, 2.75) is 65.7 Å². The molecular formula is C16H29N5. The second-order valence-corrected chi connectivity index (χ2v) is 7.66. The Morgan fingerprint density at radius 1 is 1.33 bits per heavy atom. The van der Waals surface area contributed by atoms with Gasteiger partial charge < -0.3 is 5.32 Å². The summed E-state index contributed by atoms with van der Waals surface area (Å²) in [6.07, 6.45) is 4.49. The van der Waals surface area contributed by atoms with Gasteiger partial charge in [0.25, 0.3) is 0 Å². The first-order valence-electron chi connectivity index (χ1n) is 8.33. The minimum Gasteiger partial charge on any atom is -0.311 e. The summed E-state index contributed by atoms with van der Waals surface area (Å²) in [5.74, 6) is 2.00. The molecule has 0 aromatic carbocycles. The number of hydrogen-bond acceptors (Lipinski definition) is 4. The fourth-order valence-electron chi connectivity index (χ4n) is 3.54. The molecule has 3 rings (SSSR count). The third-order valence-electron chi connectivity index (χ3n) is 4.98. The zero-order chi connectivity index (χ0) is 15.0. The van der Waals surface area contributed by atoms with Crippen LogP contribution in [0.1, 0.15) is 46.4 Å². The zero-order valence-electron chi connectivity index (χ0n) is 13.8. The number of aryl methyl sites for hydroxylation is 1. The van der Waals surface area contributed by atoms with Crippen LogP contribution in [0.3, 0.4) is 0 Å². The van der Waals surface area contributed by atoms with E-state index in [9.17, 15) is 0 Å². The molecule has 0 spiro atoms. The highest BCUT2D eigenvalue weighted by atomic mass is 15.4. The average molecular weight is 291 g/mol. The lowest BCUT2D eigenvalue weighted by atomic mass is 9.83. The molecule has 1 saturated carbocycles. The molecule has 2 unspecified atom stereocenters. The van der Waals surface area contributed by atoms with E-state index in [1.54, 1.807) is 6.33 Å². The predicted molar refractivity (Wildman–Crippen MR) is 83.9 cm³/mol. The lowest BCUT2D eigenvalue weighted by Crippen LogP contribution is -2.60. The molecule has 5 heteroatoms. The van der Waals surface area contributed by atoms with Crippen LogP contribution < -0.4 is 5.32 Å². The Morgan fingerprint density at radius 3 is 2.71 bits per heavy atom. The summed E-state index contributed by atoms with van der Waals surface area (Å²) in [6.45, 7) is 13.2. The number of nitrogens with zero attached hydrogens (tertiary/aromatic N) is 4. The number of rotatable bonds is 4. The average Bonchev–Trinajstić information content (AvgIpc) is 3.18. The van der Waals surface area contributed by atoms with Gasteiger partial charge in [0, 0.05) is 31.7 Å². The molecule has 0 radical (unpaired) electrons. The molecule has 2 heterocycles. The fourth-order valence-corrected chi connectivity index (χ4v) is 3.54. The largest absolute Gasteiger partial charge is 0.311 e. The highest BCUT2D eigenvalue weighted by Gasteiger charge is 2.40. The molecule has 1 aliphatic carbocycles. The quantitative estimate of drug-likeness (QED) is 0.920. The molecule has 0 bridgehead atoms. The van der Waals surface area contributed by atoms with Crippen molar-refractivity contribution in [2.75, 3.05) is 13.1 Å². The van der Waals surface area contributed by atoms with Gasteiger partial charge in [-0.05, 0) is 31.1 Å². The van der Waals surface area contributed by atoms with Crippen LogP contribution in [0.5, 0.6) is 0 Å². The summed E-state index contributed by atoms with van der Waals surface area (Å²) in [6, 6.07) is 1.22. The van der Waals surface area contributed by atoms with Gasteiger partial charge in [0.2, 0.25) is 0 Å². The first-order chi connectivity index (χ1) is 9.99. The summed E-state index contributed by atoms with van der Waals surface area (Å²) < 4.78 is 2.02. The molecule has 1 aliphatic heterocycles. The summed E-state index contributed by atoms with van der Waals surface area (Å²) in [5.41, 5.74) is 0.276. The summed E-state index contributed by atoms with van der Waals surface area (Å²) in [4.78, 5) is 7.11. The SMILES string of the molecule is CCn1ncnc1CN1CC(C2CC2)NCC1C(C)(C)C. The van der Waals surface area contributed by atoms with Crippen molar-refractivity contribution in [3.8, 4) is 0 Å². The third-order valence-corrected chi connectivity index (χ3v) is 4.98. The van der Waals surface area contributed by atoms with Gasteiger partial charge >= 0.3 is 0 Å². The lowest BCUT2D eigenvalue weighted by Gasteiger charge is -2.46. The van der Waals surface area contributed by atoms with Gasteiger partial charge in [0.15, 0.2) is 0 Å². The molecule has 1 saturated heterocycles. The first kappa shape index (κ1) is 15.0. The molecule has 1 N–H and O–H groups in total. The van der Waals surface area contributed by atoms with E-state index in [1.165, 1.54) is 12.8 Å². The fraction of sp³-hybridized carbons (Fsp3) is 0.875. The Bertz CT molecular complexity index is 471. The molecule has 5 nitrogen and oxygen atoms in total. The Labute approximate surface area is 128 Å². The van der Waals surface area contributed by atoms with Crippen LogP contribution in [0.25, 0.3) is 0 Å². The van der Waals surface area contributed by atoms with Crippen molar-refractivity contribution in [2.24, 2.45) is 11.3 Å². The molecular weight excluding hydrogens is 262 g/mol. The maximum atomic E-state index is 4.47. The Morgan fingerprint density at radius 2 is 2.10 bits per heavy atom. The molecule has 1 aromatic rings. The van der Waals surface area contributed by atoms with Gasteiger partial charge in [0.05, 0.1) is 6.54 Å².